The van der Waals surface area contributed by atoms with Gasteiger partial charge in [0.25, 0.3) is 16.0 Å². The number of carbonyl (C=O) groups is 3. The molecule has 262 valence electrons. The molecule has 2 N–H and O–H groups in total. The molecule has 0 spiro atoms. The lowest BCUT2D eigenvalue weighted by atomic mass is 10.0. The zero-order valence-corrected chi connectivity index (χ0v) is 29.7. The average molecular weight is 704 g/mol. The van der Waals surface area contributed by atoms with Crippen LogP contribution in [0.1, 0.15) is 87.2 Å². The van der Waals surface area contributed by atoms with Gasteiger partial charge in [0.15, 0.2) is 0 Å². The highest BCUT2D eigenvalue weighted by atomic mass is 35.5. The predicted molar refractivity (Wildman–Crippen MR) is 187 cm³/mol. The molecule has 11 nitrogen and oxygen atoms in total. The van der Waals surface area contributed by atoms with Gasteiger partial charge in [-0.3, -0.25) is 23.7 Å². The quantitative estimate of drug-likeness (QED) is 0.106. The van der Waals surface area contributed by atoms with Gasteiger partial charge in [-0.25, -0.2) is 0 Å². The number of aromatic nitrogens is 1. The van der Waals surface area contributed by atoms with Crippen LogP contribution in [0, 0.1) is 0 Å². The SMILES string of the molecule is CN(CCS(=O)(=O)O)C(=O)CCCCCCC(=O)OCCCc1ccc2c(c1)c(=O)c(C(=O)NCc1ccc(Cl)cc1)cn2C(C)(C)C. The van der Waals surface area contributed by atoms with Crippen molar-refractivity contribution < 1.29 is 32.1 Å². The maximum atomic E-state index is 13.6. The van der Waals surface area contributed by atoms with Crippen LogP contribution < -0.4 is 10.7 Å². The summed E-state index contributed by atoms with van der Waals surface area (Å²) >= 11 is 5.96. The first-order chi connectivity index (χ1) is 22.5. The number of benzene rings is 2. The number of hydrogen-bond acceptors (Lipinski definition) is 7. The fourth-order valence-corrected chi connectivity index (χ4v) is 5.76. The standard InChI is InChI=1S/C35H46ClN3O8S/c1-35(2,3)39-24-29(34(43)37-23-26-13-16-27(36)17-14-26)33(42)28-22-25(15-18-30(28)39)10-9-20-47-32(41)12-8-6-5-7-11-31(40)38(4)19-21-48(44,45)46/h13-18,22,24H,5-12,19-21,23H2,1-4H3,(H,37,43)(H,44,45,46). The van der Waals surface area contributed by atoms with Crippen molar-refractivity contribution in [2.45, 2.75) is 84.2 Å². The lowest BCUT2D eigenvalue weighted by molar-refractivity contribution is -0.143. The van der Waals surface area contributed by atoms with Gasteiger partial charge in [-0.2, -0.15) is 8.42 Å². The summed E-state index contributed by atoms with van der Waals surface area (Å²) in [7, 11) is -2.62. The molecule has 0 atom stereocenters. The smallest absolute Gasteiger partial charge is 0.305 e. The highest BCUT2D eigenvalue weighted by molar-refractivity contribution is 7.85. The van der Waals surface area contributed by atoms with Gasteiger partial charge in [0.05, 0.1) is 17.9 Å². The molecule has 0 saturated heterocycles. The van der Waals surface area contributed by atoms with Gasteiger partial charge in [-0.05, 0) is 81.8 Å². The molecule has 0 bridgehead atoms. The summed E-state index contributed by atoms with van der Waals surface area (Å²) < 4.78 is 37.8. The minimum absolute atomic E-state index is 0.0621. The van der Waals surface area contributed by atoms with Crippen LogP contribution >= 0.6 is 11.6 Å². The van der Waals surface area contributed by atoms with E-state index in [0.717, 1.165) is 29.5 Å². The number of carbonyl (C=O) groups excluding carboxylic acids is 3. The maximum absolute atomic E-state index is 13.6. The zero-order valence-electron chi connectivity index (χ0n) is 28.1. The van der Waals surface area contributed by atoms with Crippen molar-refractivity contribution in [1.29, 1.82) is 0 Å². The third-order valence-corrected chi connectivity index (χ3v) is 8.86. The van der Waals surface area contributed by atoms with Gasteiger partial charge in [0, 0.05) is 55.1 Å². The molecule has 48 heavy (non-hydrogen) atoms. The Kier molecular flexibility index (Phi) is 14.2. The van der Waals surface area contributed by atoms with Crippen molar-refractivity contribution in [2.24, 2.45) is 0 Å². The molecule has 2 amide bonds. The summed E-state index contributed by atoms with van der Waals surface area (Å²) in [6.07, 6.45) is 6.06. The Labute approximate surface area is 287 Å². The first-order valence-corrected chi connectivity index (χ1v) is 18.1. The van der Waals surface area contributed by atoms with E-state index in [1.165, 1.54) is 11.9 Å². The van der Waals surface area contributed by atoms with E-state index in [1.54, 1.807) is 18.3 Å². The maximum Gasteiger partial charge on any atom is 0.305 e. The number of aryl methyl sites for hydroxylation is 1. The number of rotatable bonds is 17. The second kappa shape index (κ2) is 17.6. The van der Waals surface area contributed by atoms with Crippen LogP contribution in [0.3, 0.4) is 0 Å². The lowest BCUT2D eigenvalue weighted by Gasteiger charge is -2.26. The molecule has 0 unspecified atom stereocenters. The topological polar surface area (TPSA) is 152 Å². The van der Waals surface area contributed by atoms with Crippen LogP contribution in [0.2, 0.25) is 5.02 Å². The molecule has 0 saturated carbocycles. The molecule has 2 aromatic carbocycles. The molecular formula is C35H46ClN3O8S. The van der Waals surface area contributed by atoms with Gasteiger partial charge in [-0.15, -0.1) is 0 Å². The highest BCUT2D eigenvalue weighted by Crippen LogP contribution is 2.23. The first kappa shape index (κ1) is 38.7. The minimum Gasteiger partial charge on any atom is -0.466 e. The normalized spacial score (nSPS) is 11.8. The van der Waals surface area contributed by atoms with E-state index in [0.29, 0.717) is 36.1 Å². The summed E-state index contributed by atoms with van der Waals surface area (Å²) in [5.74, 6) is -1.44. The molecule has 0 radical (unpaired) electrons. The Morgan fingerprint density at radius 3 is 2.25 bits per heavy atom. The monoisotopic (exact) mass is 703 g/mol. The van der Waals surface area contributed by atoms with Crippen LogP contribution in [-0.4, -0.2) is 66.2 Å². The van der Waals surface area contributed by atoms with Gasteiger partial charge in [-0.1, -0.05) is 42.6 Å². The lowest BCUT2D eigenvalue weighted by Crippen LogP contribution is -2.32. The van der Waals surface area contributed by atoms with E-state index < -0.39 is 27.3 Å². The van der Waals surface area contributed by atoms with Crippen molar-refractivity contribution >= 4 is 50.4 Å². The number of ether oxygens (including phenoxy) is 1. The van der Waals surface area contributed by atoms with E-state index in [1.807, 2.05) is 55.7 Å². The molecule has 0 fully saturated rings. The number of amides is 2. The molecular weight excluding hydrogens is 658 g/mol. The number of nitrogens with one attached hydrogen (secondary N) is 1. The van der Waals surface area contributed by atoms with E-state index >= 15 is 0 Å². The number of halogens is 1. The van der Waals surface area contributed by atoms with Gasteiger partial charge < -0.3 is 19.5 Å². The third kappa shape index (κ3) is 12.4. The second-order valence-electron chi connectivity index (χ2n) is 12.9. The molecule has 13 heteroatoms. The molecule has 1 aromatic heterocycles. The van der Waals surface area contributed by atoms with E-state index in [9.17, 15) is 27.6 Å². The summed E-state index contributed by atoms with van der Waals surface area (Å²) in [6.45, 7) is 6.45. The Balaban J connectivity index is 1.48. The van der Waals surface area contributed by atoms with Crippen molar-refractivity contribution in [1.82, 2.24) is 14.8 Å². The number of unbranched alkanes of at least 4 members (excludes halogenated alkanes) is 3. The Morgan fingerprint density at radius 2 is 1.60 bits per heavy atom. The summed E-state index contributed by atoms with van der Waals surface area (Å²) in [6, 6.07) is 12.8. The van der Waals surface area contributed by atoms with Crippen LogP contribution in [0.5, 0.6) is 0 Å². The zero-order chi connectivity index (χ0) is 35.5. The summed E-state index contributed by atoms with van der Waals surface area (Å²) in [4.78, 5) is 52.3. The van der Waals surface area contributed by atoms with Crippen LogP contribution in [-0.2, 0) is 42.9 Å². The molecule has 0 aliphatic rings. The Bertz CT molecular complexity index is 1750. The van der Waals surface area contributed by atoms with Crippen molar-refractivity contribution in [3.63, 3.8) is 0 Å². The molecule has 3 aromatic rings. The van der Waals surface area contributed by atoms with Crippen molar-refractivity contribution in [2.75, 3.05) is 26.0 Å². The first-order valence-electron chi connectivity index (χ1n) is 16.1. The van der Waals surface area contributed by atoms with E-state index in [4.69, 9.17) is 20.9 Å². The largest absolute Gasteiger partial charge is 0.466 e. The van der Waals surface area contributed by atoms with Crippen LogP contribution in [0.25, 0.3) is 10.9 Å². The molecule has 0 aliphatic carbocycles. The number of nitrogens with zero attached hydrogens (tertiary/aromatic N) is 2. The Hall–Kier alpha value is -3.74. The van der Waals surface area contributed by atoms with Crippen LogP contribution in [0.4, 0.5) is 0 Å². The molecule has 3 rings (SSSR count). The van der Waals surface area contributed by atoms with Gasteiger partial charge >= 0.3 is 5.97 Å². The van der Waals surface area contributed by atoms with Gasteiger partial charge in [0.2, 0.25) is 11.3 Å². The fourth-order valence-electron chi connectivity index (χ4n) is 5.13. The fraction of sp³-hybridized carbons (Fsp3) is 0.486. The molecule has 1 heterocycles. The highest BCUT2D eigenvalue weighted by Gasteiger charge is 2.21. The Morgan fingerprint density at radius 1 is 0.958 bits per heavy atom. The second-order valence-corrected chi connectivity index (χ2v) is 14.9. The predicted octanol–water partition coefficient (Wildman–Crippen LogP) is 5.50. The summed E-state index contributed by atoms with van der Waals surface area (Å²) in [5, 5.41) is 3.89. The number of hydrogen-bond donors (Lipinski definition) is 2. The number of esters is 1. The van der Waals surface area contributed by atoms with Crippen molar-refractivity contribution in [3.8, 4) is 0 Å². The summed E-state index contributed by atoms with van der Waals surface area (Å²) in [5.41, 5.74) is 1.81. The molecule has 0 aliphatic heterocycles. The number of pyridine rings is 1. The van der Waals surface area contributed by atoms with E-state index in [-0.39, 0.29) is 55.4 Å². The van der Waals surface area contributed by atoms with Gasteiger partial charge in [0.1, 0.15) is 5.56 Å². The van der Waals surface area contributed by atoms with E-state index in [2.05, 4.69) is 5.32 Å². The third-order valence-electron chi connectivity index (χ3n) is 7.91. The van der Waals surface area contributed by atoms with Crippen LogP contribution in [0.15, 0.2) is 53.5 Å². The van der Waals surface area contributed by atoms with Crippen molar-refractivity contribution in [3.05, 3.63) is 80.6 Å². The number of fused-ring (bicyclic) bond motifs is 1. The minimum atomic E-state index is -4.11. The average Bonchev–Trinajstić information content (AvgIpc) is 3.02.